The molecule has 24 heavy (non-hydrogen) atoms. The number of hydrogen-bond acceptors (Lipinski definition) is 5. The lowest BCUT2D eigenvalue weighted by Crippen LogP contribution is -2.54. The summed E-state index contributed by atoms with van der Waals surface area (Å²) in [6.45, 7) is 2.64. The third kappa shape index (κ3) is 5.37. The number of carbonyl (C=O) groups is 1. The maximum atomic E-state index is 13.3. The van der Waals surface area contributed by atoms with E-state index in [4.69, 9.17) is 15.2 Å². The van der Waals surface area contributed by atoms with Crippen molar-refractivity contribution in [2.45, 2.75) is 6.04 Å². The van der Waals surface area contributed by atoms with Gasteiger partial charge in [0.25, 0.3) is 0 Å². The summed E-state index contributed by atoms with van der Waals surface area (Å²) in [6.07, 6.45) is 0. The van der Waals surface area contributed by atoms with E-state index >= 15 is 0 Å². The first-order valence-corrected chi connectivity index (χ1v) is 7.18. The Morgan fingerprint density at radius 3 is 2.42 bits per heavy atom. The minimum atomic E-state index is -0.628. The molecule has 0 radical (unpaired) electrons. The van der Waals surface area contributed by atoms with Crippen LogP contribution in [0.25, 0.3) is 0 Å². The monoisotopic (exact) mass is 383 g/mol. The summed E-state index contributed by atoms with van der Waals surface area (Å²) in [7, 11) is 3.04. The van der Waals surface area contributed by atoms with Gasteiger partial charge in [-0.05, 0) is 12.1 Å². The molecule has 6 nitrogen and oxygen atoms in total. The summed E-state index contributed by atoms with van der Waals surface area (Å²) in [6, 6.07) is 3.84. The van der Waals surface area contributed by atoms with E-state index in [1.807, 2.05) is 0 Å². The van der Waals surface area contributed by atoms with E-state index in [0.717, 1.165) is 5.69 Å². The lowest BCUT2D eigenvalue weighted by atomic mass is 10.2. The second kappa shape index (κ2) is 10.6. The van der Waals surface area contributed by atoms with Crippen LogP contribution in [0.3, 0.4) is 0 Å². The fraction of sp³-hybridized carbons (Fsp3) is 0.533. The second-order valence-electron chi connectivity index (χ2n) is 5.19. The molecule has 2 rings (SSSR count). The van der Waals surface area contributed by atoms with Crippen LogP contribution in [0.2, 0.25) is 0 Å². The van der Waals surface area contributed by atoms with Crippen molar-refractivity contribution in [3.8, 4) is 5.75 Å². The molecule has 1 aliphatic rings. The quantitative estimate of drug-likeness (QED) is 0.829. The standard InChI is InChI=1S/C15H22FN3O3.2ClH/c1-21-10-12(17)15(20)19-7-5-18(6-8-19)13-4-3-11(16)9-14(13)22-2;;/h3-4,9,12H,5-8,10,17H2,1-2H3;2*1H. The van der Waals surface area contributed by atoms with Crippen molar-refractivity contribution in [2.24, 2.45) is 5.73 Å². The topological polar surface area (TPSA) is 68.0 Å². The Balaban J connectivity index is 0.00000264. The van der Waals surface area contributed by atoms with Crippen molar-refractivity contribution in [1.82, 2.24) is 4.90 Å². The van der Waals surface area contributed by atoms with Gasteiger partial charge in [0.15, 0.2) is 0 Å². The molecule has 138 valence electrons. The molecule has 9 heteroatoms. The number of rotatable bonds is 5. The number of nitrogens with zero attached hydrogens (tertiary/aromatic N) is 2. The molecule has 0 spiro atoms. The van der Waals surface area contributed by atoms with Crippen molar-refractivity contribution in [3.05, 3.63) is 24.0 Å². The molecule has 1 saturated heterocycles. The first kappa shape index (κ1) is 22.7. The normalized spacial score (nSPS) is 15.2. The number of halogens is 3. The van der Waals surface area contributed by atoms with Crippen LogP contribution in [0.15, 0.2) is 18.2 Å². The van der Waals surface area contributed by atoms with Gasteiger partial charge in [0.1, 0.15) is 17.6 Å². The Kier molecular flexibility index (Phi) is 9.99. The van der Waals surface area contributed by atoms with Crippen molar-refractivity contribution in [3.63, 3.8) is 0 Å². The van der Waals surface area contributed by atoms with Crippen LogP contribution in [0.5, 0.6) is 5.75 Å². The number of piperazine rings is 1. The highest BCUT2D eigenvalue weighted by Gasteiger charge is 2.26. The van der Waals surface area contributed by atoms with E-state index in [1.165, 1.54) is 26.4 Å². The van der Waals surface area contributed by atoms with E-state index < -0.39 is 6.04 Å². The van der Waals surface area contributed by atoms with Crippen LogP contribution in [0.4, 0.5) is 10.1 Å². The summed E-state index contributed by atoms with van der Waals surface area (Å²) in [5.74, 6) is 0.0587. The zero-order valence-electron chi connectivity index (χ0n) is 13.7. The Bertz CT molecular complexity index is 529. The Hall–Kier alpha value is -1.28. The Labute approximate surface area is 153 Å². The highest BCUT2D eigenvalue weighted by atomic mass is 35.5. The van der Waals surface area contributed by atoms with E-state index in [2.05, 4.69) is 4.90 Å². The van der Waals surface area contributed by atoms with E-state index in [-0.39, 0.29) is 43.1 Å². The summed E-state index contributed by atoms with van der Waals surface area (Å²) < 4.78 is 23.4. The van der Waals surface area contributed by atoms with Crippen molar-refractivity contribution in [2.75, 3.05) is 51.9 Å². The summed E-state index contributed by atoms with van der Waals surface area (Å²) in [4.78, 5) is 15.9. The first-order valence-electron chi connectivity index (χ1n) is 7.18. The fourth-order valence-corrected chi connectivity index (χ4v) is 2.57. The van der Waals surface area contributed by atoms with Crippen molar-refractivity contribution < 1.29 is 18.7 Å². The molecule has 2 N–H and O–H groups in total. The zero-order valence-corrected chi connectivity index (χ0v) is 15.4. The number of ether oxygens (including phenoxy) is 2. The number of carbonyl (C=O) groups excluding carboxylic acids is 1. The summed E-state index contributed by atoms with van der Waals surface area (Å²) in [5, 5.41) is 0. The third-order valence-electron chi connectivity index (χ3n) is 3.74. The smallest absolute Gasteiger partial charge is 0.241 e. The molecular formula is C15H24Cl2FN3O3. The molecule has 1 aromatic rings. The molecule has 1 atom stereocenters. The average Bonchev–Trinajstić information content (AvgIpc) is 2.54. The molecule has 1 unspecified atom stereocenters. The molecular weight excluding hydrogens is 360 g/mol. The number of amides is 1. The molecule has 1 aromatic carbocycles. The molecule has 0 aromatic heterocycles. The van der Waals surface area contributed by atoms with Gasteiger partial charge in [0.2, 0.25) is 5.91 Å². The van der Waals surface area contributed by atoms with Gasteiger partial charge in [-0.3, -0.25) is 4.79 Å². The molecule has 0 aliphatic carbocycles. The van der Waals surface area contributed by atoms with Gasteiger partial charge in [0.05, 0.1) is 19.4 Å². The maximum Gasteiger partial charge on any atom is 0.241 e. The van der Waals surface area contributed by atoms with Gasteiger partial charge in [-0.25, -0.2) is 4.39 Å². The van der Waals surface area contributed by atoms with Crippen LogP contribution in [-0.2, 0) is 9.53 Å². The molecule has 1 amide bonds. The number of methoxy groups -OCH3 is 2. The van der Waals surface area contributed by atoms with Gasteiger partial charge in [0, 0.05) is 39.4 Å². The third-order valence-corrected chi connectivity index (χ3v) is 3.74. The number of hydrogen-bond donors (Lipinski definition) is 1. The second-order valence-corrected chi connectivity index (χ2v) is 5.19. The highest BCUT2D eigenvalue weighted by Crippen LogP contribution is 2.29. The van der Waals surface area contributed by atoms with Crippen LogP contribution >= 0.6 is 24.8 Å². The van der Waals surface area contributed by atoms with Crippen LogP contribution in [0.1, 0.15) is 0 Å². The van der Waals surface area contributed by atoms with Crippen LogP contribution in [-0.4, -0.2) is 63.9 Å². The van der Waals surface area contributed by atoms with Gasteiger partial charge in [-0.15, -0.1) is 24.8 Å². The molecule has 1 fully saturated rings. The van der Waals surface area contributed by atoms with Crippen LogP contribution < -0.4 is 15.4 Å². The van der Waals surface area contributed by atoms with E-state index in [1.54, 1.807) is 11.0 Å². The van der Waals surface area contributed by atoms with Gasteiger partial charge in [-0.1, -0.05) is 0 Å². The molecule has 1 heterocycles. The zero-order chi connectivity index (χ0) is 16.1. The summed E-state index contributed by atoms with van der Waals surface area (Å²) >= 11 is 0. The summed E-state index contributed by atoms with van der Waals surface area (Å²) in [5.41, 5.74) is 6.61. The number of anilines is 1. The van der Waals surface area contributed by atoms with E-state index in [0.29, 0.717) is 31.9 Å². The van der Waals surface area contributed by atoms with E-state index in [9.17, 15) is 9.18 Å². The lowest BCUT2D eigenvalue weighted by molar-refractivity contribution is -0.134. The predicted molar refractivity (Wildman–Crippen MR) is 96.1 cm³/mol. The Morgan fingerprint density at radius 1 is 1.25 bits per heavy atom. The molecule has 1 aliphatic heterocycles. The Morgan fingerprint density at radius 2 is 1.88 bits per heavy atom. The highest BCUT2D eigenvalue weighted by molar-refractivity contribution is 5.85. The molecule has 0 saturated carbocycles. The van der Waals surface area contributed by atoms with Crippen LogP contribution in [0, 0.1) is 5.82 Å². The van der Waals surface area contributed by atoms with Gasteiger partial charge < -0.3 is 25.0 Å². The minimum Gasteiger partial charge on any atom is -0.494 e. The van der Waals surface area contributed by atoms with Gasteiger partial charge >= 0.3 is 0 Å². The maximum absolute atomic E-state index is 13.3. The first-order chi connectivity index (χ1) is 10.6. The largest absolute Gasteiger partial charge is 0.494 e. The average molecular weight is 384 g/mol. The SMILES string of the molecule is COCC(N)C(=O)N1CCN(c2ccc(F)cc2OC)CC1.Cl.Cl. The predicted octanol–water partition coefficient (Wildman–Crippen LogP) is 1.30. The minimum absolute atomic E-state index is 0. The fourth-order valence-electron chi connectivity index (χ4n) is 2.57. The molecule has 0 bridgehead atoms. The number of nitrogens with two attached hydrogens (primary N) is 1. The van der Waals surface area contributed by atoms with Crippen molar-refractivity contribution >= 4 is 36.4 Å². The van der Waals surface area contributed by atoms with Gasteiger partial charge in [-0.2, -0.15) is 0 Å². The van der Waals surface area contributed by atoms with Crippen molar-refractivity contribution in [1.29, 1.82) is 0 Å². The lowest BCUT2D eigenvalue weighted by Gasteiger charge is -2.37. The number of benzene rings is 1.